The molecular formula is C23H23ClN6O3S. The summed E-state index contributed by atoms with van der Waals surface area (Å²) in [4.78, 5) is 32.9. The Hall–Kier alpha value is -3.05. The smallest absolute Gasteiger partial charge is 0.283 e. The predicted octanol–water partition coefficient (Wildman–Crippen LogP) is 3.07. The molecule has 0 atom stereocenters. The molecule has 0 saturated carbocycles. The van der Waals surface area contributed by atoms with Crippen molar-refractivity contribution in [3.8, 4) is 0 Å². The van der Waals surface area contributed by atoms with E-state index in [0.29, 0.717) is 38.1 Å². The van der Waals surface area contributed by atoms with E-state index in [4.69, 9.17) is 16.3 Å². The van der Waals surface area contributed by atoms with Gasteiger partial charge in [-0.05, 0) is 42.8 Å². The van der Waals surface area contributed by atoms with Gasteiger partial charge in [0.1, 0.15) is 0 Å². The molecule has 34 heavy (non-hydrogen) atoms. The molecule has 0 bridgehead atoms. The normalized spacial score (nSPS) is 14.5. The Morgan fingerprint density at radius 1 is 1.24 bits per heavy atom. The van der Waals surface area contributed by atoms with Crippen LogP contribution in [0.15, 0.2) is 41.2 Å². The van der Waals surface area contributed by atoms with Crippen LogP contribution in [0.4, 0.5) is 10.8 Å². The van der Waals surface area contributed by atoms with Gasteiger partial charge in [0, 0.05) is 42.5 Å². The summed E-state index contributed by atoms with van der Waals surface area (Å²) in [6.45, 7) is 6.41. The molecule has 1 aliphatic heterocycles. The topological polar surface area (TPSA) is 101 Å². The number of hydrogen-bond acceptors (Lipinski definition) is 8. The third kappa shape index (κ3) is 4.62. The average Bonchev–Trinajstić information content (AvgIpc) is 3.25. The van der Waals surface area contributed by atoms with E-state index in [2.05, 4.69) is 25.6 Å². The van der Waals surface area contributed by atoms with Crippen LogP contribution in [0.1, 0.15) is 15.9 Å². The van der Waals surface area contributed by atoms with E-state index in [-0.39, 0.29) is 11.5 Å². The molecule has 5 rings (SSSR count). The summed E-state index contributed by atoms with van der Waals surface area (Å²) >= 11 is 7.45. The van der Waals surface area contributed by atoms with Crippen molar-refractivity contribution in [3.63, 3.8) is 0 Å². The van der Waals surface area contributed by atoms with Gasteiger partial charge in [0.25, 0.3) is 11.5 Å². The molecule has 1 saturated heterocycles. The van der Waals surface area contributed by atoms with Crippen molar-refractivity contribution in [2.45, 2.75) is 6.92 Å². The standard InChI is InChI=1S/C23H23ClN6O3S/c1-14-17(24)3-2-4-18(14)26-22-28-30-21(32)16-6-5-15(13-19(16)27-23(30)34-22)20(31)25-7-8-29-9-11-33-12-10-29/h2-6,13H,7-12H2,1H3,(H,25,31)(H,26,28). The SMILES string of the molecule is Cc1c(Cl)cccc1Nc1nn2c(=O)c3ccc(C(=O)NCCN4CCOCC4)cc3nc2s1. The maximum atomic E-state index is 13.0. The number of halogens is 1. The fourth-order valence-electron chi connectivity index (χ4n) is 3.81. The van der Waals surface area contributed by atoms with E-state index in [1.54, 1.807) is 18.2 Å². The molecule has 0 spiro atoms. The van der Waals surface area contributed by atoms with Crippen LogP contribution in [0.2, 0.25) is 5.02 Å². The fourth-order valence-corrected chi connectivity index (χ4v) is 4.80. The lowest BCUT2D eigenvalue weighted by atomic mass is 10.1. The van der Waals surface area contributed by atoms with E-state index in [1.165, 1.54) is 15.9 Å². The molecule has 2 aromatic carbocycles. The summed E-state index contributed by atoms with van der Waals surface area (Å²) in [7, 11) is 0. The summed E-state index contributed by atoms with van der Waals surface area (Å²) in [5, 5.41) is 12.1. The highest BCUT2D eigenvalue weighted by molar-refractivity contribution is 7.20. The fraction of sp³-hybridized carbons (Fsp3) is 0.304. The lowest BCUT2D eigenvalue weighted by Crippen LogP contribution is -2.41. The van der Waals surface area contributed by atoms with Gasteiger partial charge in [-0.2, -0.15) is 4.52 Å². The molecule has 9 nitrogen and oxygen atoms in total. The number of morpholine rings is 1. The molecule has 1 amide bonds. The van der Waals surface area contributed by atoms with Crippen LogP contribution < -0.4 is 16.2 Å². The Kier molecular flexibility index (Phi) is 6.46. The first-order valence-electron chi connectivity index (χ1n) is 10.9. The third-order valence-corrected chi connectivity index (χ3v) is 7.02. The Morgan fingerprint density at radius 2 is 2.06 bits per heavy atom. The van der Waals surface area contributed by atoms with E-state index >= 15 is 0 Å². The number of nitrogens with zero attached hydrogens (tertiary/aromatic N) is 4. The van der Waals surface area contributed by atoms with Gasteiger partial charge in [-0.25, -0.2) is 4.98 Å². The highest BCUT2D eigenvalue weighted by Crippen LogP contribution is 2.28. The van der Waals surface area contributed by atoms with E-state index in [1.807, 2.05) is 25.1 Å². The number of benzene rings is 2. The molecule has 0 unspecified atom stereocenters. The second-order valence-corrected chi connectivity index (χ2v) is 9.36. The van der Waals surface area contributed by atoms with Crippen LogP contribution in [-0.4, -0.2) is 64.8 Å². The predicted molar refractivity (Wildman–Crippen MR) is 134 cm³/mol. The van der Waals surface area contributed by atoms with Crippen LogP contribution in [0, 0.1) is 6.92 Å². The number of aromatic nitrogens is 3. The summed E-state index contributed by atoms with van der Waals surface area (Å²) < 4.78 is 6.62. The van der Waals surface area contributed by atoms with Gasteiger partial charge in [-0.3, -0.25) is 14.5 Å². The second-order valence-electron chi connectivity index (χ2n) is 8.00. The Morgan fingerprint density at radius 3 is 2.88 bits per heavy atom. The molecule has 2 N–H and O–H groups in total. The van der Waals surface area contributed by atoms with Crippen molar-refractivity contribution in [2.24, 2.45) is 0 Å². The number of hydrogen-bond donors (Lipinski definition) is 2. The van der Waals surface area contributed by atoms with Crippen LogP contribution in [-0.2, 0) is 4.74 Å². The van der Waals surface area contributed by atoms with Crippen molar-refractivity contribution >= 4 is 55.5 Å². The summed E-state index contributed by atoms with van der Waals surface area (Å²) in [5.74, 6) is -0.194. The number of rotatable bonds is 6. The zero-order valence-electron chi connectivity index (χ0n) is 18.5. The number of ether oxygens (including phenoxy) is 1. The van der Waals surface area contributed by atoms with Crippen molar-refractivity contribution in [1.29, 1.82) is 0 Å². The molecule has 176 valence electrons. The number of fused-ring (bicyclic) bond motifs is 2. The highest BCUT2D eigenvalue weighted by atomic mass is 35.5. The molecule has 2 aromatic heterocycles. The van der Waals surface area contributed by atoms with Gasteiger partial charge in [-0.1, -0.05) is 29.0 Å². The van der Waals surface area contributed by atoms with Gasteiger partial charge < -0.3 is 15.4 Å². The minimum absolute atomic E-state index is 0.194. The number of anilines is 2. The Labute approximate surface area is 204 Å². The molecular weight excluding hydrogens is 476 g/mol. The summed E-state index contributed by atoms with van der Waals surface area (Å²) in [6, 6.07) is 10.5. The van der Waals surface area contributed by atoms with Crippen LogP contribution in [0.5, 0.6) is 0 Å². The number of carbonyl (C=O) groups excluding carboxylic acids is 1. The zero-order valence-corrected chi connectivity index (χ0v) is 20.1. The summed E-state index contributed by atoms with van der Waals surface area (Å²) in [5.41, 5.74) is 2.33. The van der Waals surface area contributed by atoms with E-state index in [0.717, 1.165) is 44.1 Å². The minimum atomic E-state index is -0.286. The molecule has 3 heterocycles. The van der Waals surface area contributed by atoms with Crippen molar-refractivity contribution < 1.29 is 9.53 Å². The molecule has 1 aliphatic rings. The maximum absolute atomic E-state index is 13.0. The molecule has 4 aromatic rings. The number of amides is 1. The van der Waals surface area contributed by atoms with E-state index < -0.39 is 0 Å². The number of nitrogens with one attached hydrogen (secondary N) is 2. The third-order valence-electron chi connectivity index (χ3n) is 5.79. The average molecular weight is 499 g/mol. The van der Waals surface area contributed by atoms with E-state index in [9.17, 15) is 9.59 Å². The van der Waals surface area contributed by atoms with Crippen molar-refractivity contribution in [1.82, 2.24) is 24.8 Å². The molecule has 1 fully saturated rings. The first-order chi connectivity index (χ1) is 16.5. The summed E-state index contributed by atoms with van der Waals surface area (Å²) in [6.07, 6.45) is 0. The minimum Gasteiger partial charge on any atom is -0.379 e. The molecule has 11 heteroatoms. The van der Waals surface area contributed by atoms with Gasteiger partial charge in [0.05, 0.1) is 24.1 Å². The highest BCUT2D eigenvalue weighted by Gasteiger charge is 2.15. The Balaban J connectivity index is 1.36. The van der Waals surface area contributed by atoms with Crippen LogP contribution in [0.3, 0.4) is 0 Å². The lowest BCUT2D eigenvalue weighted by molar-refractivity contribution is 0.0383. The quantitative estimate of drug-likeness (QED) is 0.421. The van der Waals surface area contributed by atoms with Gasteiger partial charge in [0.15, 0.2) is 0 Å². The van der Waals surface area contributed by atoms with Gasteiger partial charge in [-0.15, -0.1) is 5.10 Å². The number of carbonyl (C=O) groups is 1. The molecule has 0 aliphatic carbocycles. The first-order valence-corrected chi connectivity index (χ1v) is 12.1. The zero-order chi connectivity index (χ0) is 23.7. The molecule has 0 radical (unpaired) electrons. The largest absolute Gasteiger partial charge is 0.379 e. The Bertz CT molecular complexity index is 1430. The second kappa shape index (κ2) is 9.67. The van der Waals surface area contributed by atoms with Crippen molar-refractivity contribution in [2.75, 3.05) is 44.7 Å². The lowest BCUT2D eigenvalue weighted by Gasteiger charge is -2.26. The van der Waals surface area contributed by atoms with Gasteiger partial charge in [0.2, 0.25) is 10.1 Å². The van der Waals surface area contributed by atoms with Crippen LogP contribution >= 0.6 is 22.9 Å². The van der Waals surface area contributed by atoms with Crippen LogP contribution in [0.25, 0.3) is 15.9 Å². The van der Waals surface area contributed by atoms with Gasteiger partial charge >= 0.3 is 0 Å². The maximum Gasteiger partial charge on any atom is 0.283 e. The van der Waals surface area contributed by atoms with Crippen molar-refractivity contribution in [3.05, 3.63) is 62.9 Å². The first kappa shape index (κ1) is 22.7. The monoisotopic (exact) mass is 498 g/mol.